The molecule has 1 aromatic carbocycles. The van der Waals surface area contributed by atoms with Crippen LogP contribution in [0.25, 0.3) is 0 Å². The number of carbonyl (C=O) groups excluding carboxylic acids is 2. The Labute approximate surface area is 192 Å². The molecule has 1 aliphatic carbocycles. The summed E-state index contributed by atoms with van der Waals surface area (Å²) in [7, 11) is 1.37. The number of fused-ring (bicyclic) bond motifs is 1. The van der Waals surface area contributed by atoms with Gasteiger partial charge >= 0.3 is 5.97 Å². The lowest BCUT2D eigenvalue weighted by Gasteiger charge is -2.14. The zero-order chi connectivity index (χ0) is 22.4. The van der Waals surface area contributed by atoms with E-state index in [0.29, 0.717) is 34.4 Å². The molecule has 0 atom stereocenters. The molecule has 0 aliphatic heterocycles. The van der Waals surface area contributed by atoms with Gasteiger partial charge in [0, 0.05) is 4.88 Å². The van der Waals surface area contributed by atoms with Gasteiger partial charge < -0.3 is 14.8 Å². The number of carbonyl (C=O) groups is 2. The third kappa shape index (κ3) is 5.83. The van der Waals surface area contributed by atoms with Gasteiger partial charge in [0.25, 0.3) is 5.91 Å². The number of nitrogens with one attached hydrogen (secondary N) is 2. The summed E-state index contributed by atoms with van der Waals surface area (Å²) in [5.74, 6) is 0.280. The summed E-state index contributed by atoms with van der Waals surface area (Å²) >= 11 is 6.87. The second kappa shape index (κ2) is 10.7. The molecule has 0 saturated carbocycles. The molecule has 6 nitrogen and oxygen atoms in total. The molecule has 1 amide bonds. The molecule has 1 heterocycles. The van der Waals surface area contributed by atoms with Crippen molar-refractivity contribution < 1.29 is 19.1 Å². The van der Waals surface area contributed by atoms with Crippen molar-refractivity contribution in [2.75, 3.05) is 19.0 Å². The Kier molecular flexibility index (Phi) is 8.03. The summed E-state index contributed by atoms with van der Waals surface area (Å²) < 4.78 is 10.8. The molecule has 0 radical (unpaired) electrons. The molecule has 0 spiro atoms. The summed E-state index contributed by atoms with van der Waals surface area (Å²) in [6.07, 6.45) is 4.82. The first-order chi connectivity index (χ1) is 14.9. The van der Waals surface area contributed by atoms with Crippen LogP contribution in [0.2, 0.25) is 0 Å². The lowest BCUT2D eigenvalue weighted by Crippen LogP contribution is -2.34. The third-order valence-corrected chi connectivity index (χ3v) is 6.51. The SMILES string of the molecule is COC(=O)c1c(NC(=S)NC(=O)c2ccccc2OCCC(C)C)sc2c1CCCC2. The van der Waals surface area contributed by atoms with Crippen molar-refractivity contribution in [3.8, 4) is 5.75 Å². The lowest BCUT2D eigenvalue weighted by atomic mass is 9.95. The Morgan fingerprint density at radius 3 is 2.68 bits per heavy atom. The first kappa shape index (κ1) is 23.2. The Hall–Kier alpha value is -2.45. The fourth-order valence-corrected chi connectivity index (χ4v) is 5.00. The maximum Gasteiger partial charge on any atom is 0.341 e. The first-order valence-corrected chi connectivity index (χ1v) is 11.7. The van der Waals surface area contributed by atoms with Crippen LogP contribution < -0.4 is 15.4 Å². The molecular weight excluding hydrogens is 432 g/mol. The largest absolute Gasteiger partial charge is 0.493 e. The van der Waals surface area contributed by atoms with E-state index in [1.807, 2.05) is 6.07 Å². The van der Waals surface area contributed by atoms with Crippen LogP contribution in [0.4, 0.5) is 5.00 Å². The van der Waals surface area contributed by atoms with E-state index in [4.69, 9.17) is 21.7 Å². The highest BCUT2D eigenvalue weighted by molar-refractivity contribution is 7.80. The second-order valence-electron chi connectivity index (χ2n) is 7.84. The van der Waals surface area contributed by atoms with Gasteiger partial charge in [0.15, 0.2) is 5.11 Å². The van der Waals surface area contributed by atoms with Gasteiger partial charge in [0.05, 0.1) is 24.8 Å². The molecule has 3 rings (SSSR count). The van der Waals surface area contributed by atoms with Crippen LogP contribution in [0.5, 0.6) is 5.75 Å². The van der Waals surface area contributed by atoms with Crippen LogP contribution >= 0.6 is 23.6 Å². The minimum Gasteiger partial charge on any atom is -0.493 e. The average molecular weight is 461 g/mol. The number of methoxy groups -OCH3 is 1. The molecule has 0 unspecified atom stereocenters. The van der Waals surface area contributed by atoms with Crippen LogP contribution in [0, 0.1) is 5.92 Å². The average Bonchev–Trinajstić information content (AvgIpc) is 3.10. The Balaban J connectivity index is 1.71. The van der Waals surface area contributed by atoms with Gasteiger partial charge in [-0.05, 0) is 67.9 Å². The molecule has 1 aromatic heterocycles. The van der Waals surface area contributed by atoms with Crippen LogP contribution in [-0.4, -0.2) is 30.7 Å². The number of esters is 1. The number of ether oxygens (including phenoxy) is 2. The maximum absolute atomic E-state index is 12.8. The minimum absolute atomic E-state index is 0.130. The Morgan fingerprint density at radius 1 is 1.19 bits per heavy atom. The number of anilines is 1. The van der Waals surface area contributed by atoms with Crippen LogP contribution in [0.1, 0.15) is 64.3 Å². The number of hydrogen-bond acceptors (Lipinski definition) is 6. The summed E-state index contributed by atoms with van der Waals surface area (Å²) in [5, 5.41) is 6.49. The molecular formula is C23H28N2O4S2. The van der Waals surface area contributed by atoms with Gasteiger partial charge in [0.1, 0.15) is 10.8 Å². The highest BCUT2D eigenvalue weighted by atomic mass is 32.1. The predicted molar refractivity (Wildman–Crippen MR) is 127 cm³/mol. The van der Waals surface area contributed by atoms with Gasteiger partial charge in [-0.2, -0.15) is 0 Å². The number of amides is 1. The second-order valence-corrected chi connectivity index (χ2v) is 9.36. The van der Waals surface area contributed by atoms with E-state index in [-0.39, 0.29) is 17.0 Å². The number of benzene rings is 1. The van der Waals surface area contributed by atoms with E-state index in [1.165, 1.54) is 23.3 Å². The molecule has 0 saturated heterocycles. The van der Waals surface area contributed by atoms with Crippen molar-refractivity contribution in [2.45, 2.75) is 46.0 Å². The van der Waals surface area contributed by atoms with E-state index in [9.17, 15) is 9.59 Å². The lowest BCUT2D eigenvalue weighted by molar-refractivity contribution is 0.0601. The number of hydrogen-bond donors (Lipinski definition) is 2. The number of thiocarbonyl (C=S) groups is 1. The van der Waals surface area contributed by atoms with Crippen molar-refractivity contribution in [3.05, 3.63) is 45.8 Å². The van der Waals surface area contributed by atoms with Crippen LogP contribution in [0.15, 0.2) is 24.3 Å². The number of para-hydroxylation sites is 1. The Bertz CT molecular complexity index is 968. The molecule has 0 bridgehead atoms. The van der Waals surface area contributed by atoms with E-state index >= 15 is 0 Å². The zero-order valence-electron chi connectivity index (χ0n) is 18.1. The van der Waals surface area contributed by atoms with Crippen molar-refractivity contribution in [1.29, 1.82) is 0 Å². The van der Waals surface area contributed by atoms with Gasteiger partial charge in [-0.1, -0.05) is 26.0 Å². The fourth-order valence-electron chi connectivity index (χ4n) is 3.46. The molecule has 166 valence electrons. The van der Waals surface area contributed by atoms with Gasteiger partial charge in [-0.15, -0.1) is 11.3 Å². The molecule has 0 fully saturated rings. The fraction of sp³-hybridized carbons (Fsp3) is 0.435. The molecule has 1 aliphatic rings. The van der Waals surface area contributed by atoms with Crippen molar-refractivity contribution in [3.63, 3.8) is 0 Å². The predicted octanol–water partition coefficient (Wildman–Crippen LogP) is 4.97. The van der Waals surface area contributed by atoms with Gasteiger partial charge in [-0.3, -0.25) is 10.1 Å². The normalized spacial score (nSPS) is 12.8. The highest BCUT2D eigenvalue weighted by Crippen LogP contribution is 2.38. The topological polar surface area (TPSA) is 76.7 Å². The smallest absolute Gasteiger partial charge is 0.341 e. The summed E-state index contributed by atoms with van der Waals surface area (Å²) in [5.41, 5.74) is 1.97. The van der Waals surface area contributed by atoms with E-state index < -0.39 is 0 Å². The standard InChI is InChI=1S/C23H28N2O4S2/c1-14(2)12-13-29-17-10-6-4-8-15(17)20(26)24-23(30)25-21-19(22(27)28-3)16-9-5-7-11-18(16)31-21/h4,6,8,10,14H,5,7,9,11-13H2,1-3H3,(H2,24,25,26,30). The number of thiophene rings is 1. The van der Waals surface area contributed by atoms with Crippen molar-refractivity contribution in [2.24, 2.45) is 5.92 Å². The third-order valence-electron chi connectivity index (χ3n) is 5.10. The molecule has 8 heteroatoms. The first-order valence-electron chi connectivity index (χ1n) is 10.5. The van der Waals surface area contributed by atoms with Gasteiger partial charge in [0.2, 0.25) is 0 Å². The monoisotopic (exact) mass is 460 g/mol. The van der Waals surface area contributed by atoms with Crippen molar-refractivity contribution >= 4 is 45.5 Å². The van der Waals surface area contributed by atoms with E-state index in [0.717, 1.165) is 37.7 Å². The quantitative estimate of drug-likeness (QED) is 0.449. The van der Waals surface area contributed by atoms with E-state index in [1.54, 1.807) is 18.2 Å². The summed E-state index contributed by atoms with van der Waals surface area (Å²) in [4.78, 5) is 26.4. The molecule has 2 N–H and O–H groups in total. The summed E-state index contributed by atoms with van der Waals surface area (Å²) in [6, 6.07) is 7.08. The highest BCUT2D eigenvalue weighted by Gasteiger charge is 2.26. The Morgan fingerprint density at radius 2 is 1.94 bits per heavy atom. The molecule has 2 aromatic rings. The van der Waals surface area contributed by atoms with Crippen molar-refractivity contribution in [1.82, 2.24) is 5.32 Å². The molecule has 31 heavy (non-hydrogen) atoms. The summed E-state index contributed by atoms with van der Waals surface area (Å²) in [6.45, 7) is 4.78. The number of rotatable bonds is 7. The maximum atomic E-state index is 12.8. The van der Waals surface area contributed by atoms with Crippen LogP contribution in [-0.2, 0) is 17.6 Å². The minimum atomic E-state index is -0.389. The zero-order valence-corrected chi connectivity index (χ0v) is 19.7. The van der Waals surface area contributed by atoms with Crippen LogP contribution in [0.3, 0.4) is 0 Å². The van der Waals surface area contributed by atoms with E-state index in [2.05, 4.69) is 24.5 Å². The number of aryl methyl sites for hydroxylation is 1. The van der Waals surface area contributed by atoms with Gasteiger partial charge in [-0.25, -0.2) is 4.79 Å².